The summed E-state index contributed by atoms with van der Waals surface area (Å²) in [5.41, 5.74) is -0.192. The number of carbonyl (C=O) groups excluding carboxylic acids is 1. The van der Waals surface area contributed by atoms with Gasteiger partial charge in [-0.2, -0.15) is 0 Å². The maximum Gasteiger partial charge on any atom is 0.311 e. The lowest BCUT2D eigenvalue weighted by Crippen LogP contribution is -2.34. The van der Waals surface area contributed by atoms with E-state index in [1.807, 2.05) is 0 Å². The molecule has 0 saturated heterocycles. The zero-order valence-electron chi connectivity index (χ0n) is 11.4. The summed E-state index contributed by atoms with van der Waals surface area (Å²) in [6, 6.07) is 4.12. The van der Waals surface area contributed by atoms with Gasteiger partial charge in [-0.25, -0.2) is 0 Å². The van der Waals surface area contributed by atoms with Gasteiger partial charge >= 0.3 is 5.69 Å². The van der Waals surface area contributed by atoms with Gasteiger partial charge in [0.15, 0.2) is 6.29 Å². The van der Waals surface area contributed by atoms with Crippen molar-refractivity contribution < 1.29 is 23.9 Å². The Hall–Kier alpha value is -2.19. The Labute approximate surface area is 115 Å². The molecular weight excluding hydrogens is 268 g/mol. The molecule has 0 saturated carbocycles. The van der Waals surface area contributed by atoms with Crippen LogP contribution in [0.5, 0.6) is 5.75 Å². The Kier molecular flexibility index (Phi) is 5.88. The molecule has 8 heteroatoms. The number of amides is 1. The number of nitro groups is 1. The second-order valence-corrected chi connectivity index (χ2v) is 3.73. The molecule has 0 unspecified atom stereocenters. The average molecular weight is 284 g/mol. The highest BCUT2D eigenvalue weighted by Crippen LogP contribution is 2.30. The second kappa shape index (κ2) is 7.41. The predicted molar refractivity (Wildman–Crippen MR) is 69.8 cm³/mol. The molecule has 0 bridgehead atoms. The maximum absolute atomic E-state index is 12.0. The normalized spacial score (nSPS) is 10.4. The van der Waals surface area contributed by atoms with Crippen LogP contribution in [-0.2, 0) is 9.47 Å². The number of nitrogens with one attached hydrogen (secondary N) is 1. The Morgan fingerprint density at radius 2 is 2.00 bits per heavy atom. The van der Waals surface area contributed by atoms with Crippen LogP contribution in [0.25, 0.3) is 0 Å². The van der Waals surface area contributed by atoms with Gasteiger partial charge in [-0.15, -0.1) is 0 Å². The van der Waals surface area contributed by atoms with Crippen LogP contribution in [0.15, 0.2) is 18.2 Å². The first-order chi connectivity index (χ1) is 9.54. The van der Waals surface area contributed by atoms with E-state index in [2.05, 4.69) is 5.32 Å². The highest BCUT2D eigenvalue weighted by Gasteiger charge is 2.22. The molecule has 0 heterocycles. The molecule has 1 aromatic rings. The van der Waals surface area contributed by atoms with E-state index in [1.165, 1.54) is 39.5 Å². The number of rotatable bonds is 7. The van der Waals surface area contributed by atoms with Crippen LogP contribution in [0.1, 0.15) is 10.4 Å². The highest BCUT2D eigenvalue weighted by atomic mass is 16.7. The van der Waals surface area contributed by atoms with Crippen LogP contribution < -0.4 is 10.1 Å². The number of nitrogens with zero attached hydrogens (tertiary/aromatic N) is 1. The van der Waals surface area contributed by atoms with E-state index >= 15 is 0 Å². The van der Waals surface area contributed by atoms with E-state index in [0.29, 0.717) is 0 Å². The fraction of sp³-hybridized carbons (Fsp3) is 0.417. The third-order valence-electron chi connectivity index (χ3n) is 2.59. The monoisotopic (exact) mass is 284 g/mol. The topological polar surface area (TPSA) is 99.9 Å². The van der Waals surface area contributed by atoms with Crippen LogP contribution in [0, 0.1) is 10.1 Å². The van der Waals surface area contributed by atoms with Crippen molar-refractivity contribution in [2.24, 2.45) is 0 Å². The van der Waals surface area contributed by atoms with Gasteiger partial charge in [0.2, 0.25) is 5.75 Å². The number of hydrogen-bond acceptors (Lipinski definition) is 6. The first-order valence-corrected chi connectivity index (χ1v) is 5.70. The van der Waals surface area contributed by atoms with Crippen molar-refractivity contribution >= 4 is 11.6 Å². The summed E-state index contributed by atoms with van der Waals surface area (Å²) in [6.45, 7) is 0.109. The lowest BCUT2D eigenvalue weighted by Gasteiger charge is -2.14. The number of para-hydroxylation sites is 1. The van der Waals surface area contributed by atoms with Crippen molar-refractivity contribution in [2.45, 2.75) is 6.29 Å². The molecule has 1 aromatic carbocycles. The van der Waals surface area contributed by atoms with Gasteiger partial charge in [0.1, 0.15) is 0 Å². The fourth-order valence-corrected chi connectivity index (χ4v) is 1.60. The summed E-state index contributed by atoms with van der Waals surface area (Å²) in [5, 5.41) is 13.4. The number of methoxy groups -OCH3 is 3. The lowest BCUT2D eigenvalue weighted by atomic mass is 10.1. The first-order valence-electron chi connectivity index (χ1n) is 5.70. The molecule has 0 aliphatic carbocycles. The lowest BCUT2D eigenvalue weighted by molar-refractivity contribution is -0.385. The molecule has 1 amide bonds. The van der Waals surface area contributed by atoms with Gasteiger partial charge in [-0.05, 0) is 6.07 Å². The quantitative estimate of drug-likeness (QED) is 0.454. The summed E-state index contributed by atoms with van der Waals surface area (Å²) < 4.78 is 14.8. The molecule has 8 nitrogen and oxygen atoms in total. The van der Waals surface area contributed by atoms with E-state index < -0.39 is 17.1 Å². The second-order valence-electron chi connectivity index (χ2n) is 3.73. The van der Waals surface area contributed by atoms with Gasteiger partial charge in [0.25, 0.3) is 5.91 Å². The largest absolute Gasteiger partial charge is 0.490 e. The number of carbonyl (C=O) groups is 1. The number of ether oxygens (including phenoxy) is 3. The van der Waals surface area contributed by atoms with Crippen LogP contribution >= 0.6 is 0 Å². The molecule has 0 fully saturated rings. The van der Waals surface area contributed by atoms with Crippen LogP contribution in [0.4, 0.5) is 5.69 Å². The van der Waals surface area contributed by atoms with E-state index in [0.717, 1.165) is 0 Å². The summed E-state index contributed by atoms with van der Waals surface area (Å²) in [4.78, 5) is 22.3. The summed E-state index contributed by atoms with van der Waals surface area (Å²) in [5.74, 6) is -0.592. The molecule has 0 aromatic heterocycles. The smallest absolute Gasteiger partial charge is 0.311 e. The van der Waals surface area contributed by atoms with Gasteiger partial charge < -0.3 is 19.5 Å². The highest BCUT2D eigenvalue weighted by molar-refractivity contribution is 5.98. The molecule has 1 N–H and O–H groups in total. The standard InChI is InChI=1S/C12H16N2O6/c1-18-10(19-2)7-13-12(15)8-5-4-6-9(14(16)17)11(8)20-3/h4-6,10H,7H2,1-3H3,(H,13,15). The first kappa shape index (κ1) is 15.9. The van der Waals surface area contributed by atoms with Gasteiger partial charge in [0, 0.05) is 20.3 Å². The average Bonchev–Trinajstić information content (AvgIpc) is 2.46. The van der Waals surface area contributed by atoms with Crippen LogP contribution in [0.2, 0.25) is 0 Å². The molecule has 110 valence electrons. The molecule has 0 aliphatic heterocycles. The van der Waals surface area contributed by atoms with Crippen molar-refractivity contribution in [3.8, 4) is 5.75 Å². The fourth-order valence-electron chi connectivity index (χ4n) is 1.60. The third-order valence-corrected chi connectivity index (χ3v) is 2.59. The molecular formula is C12H16N2O6. The van der Waals surface area contributed by atoms with Gasteiger partial charge in [0.05, 0.1) is 24.1 Å². The molecule has 0 radical (unpaired) electrons. The molecule has 0 atom stereocenters. The van der Waals surface area contributed by atoms with Gasteiger partial charge in [-0.1, -0.05) is 6.07 Å². The zero-order valence-corrected chi connectivity index (χ0v) is 11.4. The van der Waals surface area contributed by atoms with Crippen molar-refractivity contribution in [2.75, 3.05) is 27.9 Å². The van der Waals surface area contributed by atoms with Crippen molar-refractivity contribution in [1.82, 2.24) is 5.32 Å². The number of benzene rings is 1. The van der Waals surface area contributed by atoms with Crippen molar-refractivity contribution in [3.05, 3.63) is 33.9 Å². The van der Waals surface area contributed by atoms with E-state index in [-0.39, 0.29) is 23.5 Å². The SMILES string of the molecule is COc1c(C(=O)NCC(OC)OC)cccc1[N+](=O)[O-]. The molecule has 0 aliphatic rings. The van der Waals surface area contributed by atoms with E-state index in [9.17, 15) is 14.9 Å². The van der Waals surface area contributed by atoms with Crippen LogP contribution in [0.3, 0.4) is 0 Å². The minimum atomic E-state index is -0.608. The maximum atomic E-state index is 12.0. The Bertz CT molecular complexity index is 487. The summed E-state index contributed by atoms with van der Waals surface area (Å²) in [6.07, 6.45) is -0.594. The minimum Gasteiger partial charge on any atom is -0.490 e. The van der Waals surface area contributed by atoms with Gasteiger partial charge in [-0.3, -0.25) is 14.9 Å². The zero-order chi connectivity index (χ0) is 15.1. The Morgan fingerprint density at radius 1 is 1.35 bits per heavy atom. The van der Waals surface area contributed by atoms with Crippen molar-refractivity contribution in [1.29, 1.82) is 0 Å². The number of nitro benzene ring substituents is 1. The van der Waals surface area contributed by atoms with Crippen molar-refractivity contribution in [3.63, 3.8) is 0 Å². The minimum absolute atomic E-state index is 0.0765. The third kappa shape index (κ3) is 3.65. The Balaban J connectivity index is 2.93. The molecule has 1 rings (SSSR count). The summed E-state index contributed by atoms with van der Waals surface area (Å²) >= 11 is 0. The van der Waals surface area contributed by atoms with E-state index in [4.69, 9.17) is 14.2 Å². The summed E-state index contributed by atoms with van der Waals surface area (Å²) in [7, 11) is 4.15. The van der Waals surface area contributed by atoms with Crippen LogP contribution in [-0.4, -0.2) is 45.0 Å². The predicted octanol–water partition coefficient (Wildman–Crippen LogP) is 0.952. The number of hydrogen-bond donors (Lipinski definition) is 1. The van der Waals surface area contributed by atoms with E-state index in [1.54, 1.807) is 0 Å². The Morgan fingerprint density at radius 3 is 2.50 bits per heavy atom. The molecule has 0 spiro atoms. The molecule has 20 heavy (non-hydrogen) atoms.